The number of nitrogens with one attached hydrogen (secondary N) is 2. The van der Waals surface area contributed by atoms with E-state index in [-0.39, 0.29) is 23.3 Å². The van der Waals surface area contributed by atoms with Gasteiger partial charge in [0.05, 0.1) is 11.5 Å². The van der Waals surface area contributed by atoms with Crippen LogP contribution in [-0.2, 0) is 9.53 Å². The zero-order valence-electron chi connectivity index (χ0n) is 16.8. The van der Waals surface area contributed by atoms with E-state index in [1.807, 2.05) is 6.07 Å². The SMILES string of the molecule is O=C(NNC(=O)C12CC3CC(CC(C3)C1)C2)c1cccc(OC[C@@H]2CCCO2)c1. The summed E-state index contributed by atoms with van der Waals surface area (Å²) in [5.74, 6) is 2.41. The van der Waals surface area contributed by atoms with Crippen molar-refractivity contribution in [3.05, 3.63) is 29.8 Å². The van der Waals surface area contributed by atoms with Crippen molar-refractivity contribution in [2.75, 3.05) is 13.2 Å². The van der Waals surface area contributed by atoms with Crippen LogP contribution in [0.5, 0.6) is 5.75 Å². The molecular formula is C23H30N2O4. The van der Waals surface area contributed by atoms with Gasteiger partial charge in [-0.05, 0) is 87.3 Å². The van der Waals surface area contributed by atoms with E-state index in [1.165, 1.54) is 19.3 Å². The lowest BCUT2D eigenvalue weighted by Gasteiger charge is -2.55. The highest BCUT2D eigenvalue weighted by Crippen LogP contribution is 2.60. The number of amides is 2. The van der Waals surface area contributed by atoms with Gasteiger partial charge in [-0.15, -0.1) is 0 Å². The lowest BCUT2D eigenvalue weighted by atomic mass is 9.49. The number of carbonyl (C=O) groups excluding carboxylic acids is 2. The fourth-order valence-corrected chi connectivity index (χ4v) is 6.40. The minimum atomic E-state index is -0.314. The van der Waals surface area contributed by atoms with Crippen LogP contribution >= 0.6 is 0 Å². The summed E-state index contributed by atoms with van der Waals surface area (Å²) in [4.78, 5) is 25.6. The van der Waals surface area contributed by atoms with Crippen molar-refractivity contribution in [1.82, 2.24) is 10.9 Å². The van der Waals surface area contributed by atoms with E-state index in [4.69, 9.17) is 9.47 Å². The predicted octanol–water partition coefficient (Wildman–Crippen LogP) is 3.22. The Morgan fingerprint density at radius 1 is 1.07 bits per heavy atom. The van der Waals surface area contributed by atoms with Crippen LogP contribution < -0.4 is 15.6 Å². The van der Waals surface area contributed by atoms with E-state index < -0.39 is 0 Å². The van der Waals surface area contributed by atoms with Gasteiger partial charge in [0.1, 0.15) is 12.4 Å². The van der Waals surface area contributed by atoms with Gasteiger partial charge in [0.15, 0.2) is 0 Å². The summed E-state index contributed by atoms with van der Waals surface area (Å²) in [5, 5.41) is 0. The van der Waals surface area contributed by atoms with E-state index >= 15 is 0 Å². The molecule has 4 bridgehead atoms. The number of carbonyl (C=O) groups is 2. The maximum Gasteiger partial charge on any atom is 0.269 e. The van der Waals surface area contributed by atoms with Crippen LogP contribution in [0.25, 0.3) is 0 Å². The molecule has 0 radical (unpaired) electrons. The molecule has 0 spiro atoms. The summed E-state index contributed by atoms with van der Waals surface area (Å²) in [5.41, 5.74) is 5.57. The van der Waals surface area contributed by atoms with E-state index in [0.717, 1.165) is 38.7 Å². The number of benzene rings is 1. The predicted molar refractivity (Wildman–Crippen MR) is 107 cm³/mol. The summed E-state index contributed by atoms with van der Waals surface area (Å²) < 4.78 is 11.3. The first-order valence-electron chi connectivity index (χ1n) is 11.0. The van der Waals surface area contributed by atoms with Gasteiger partial charge >= 0.3 is 0 Å². The molecule has 6 rings (SSSR count). The Morgan fingerprint density at radius 2 is 1.79 bits per heavy atom. The molecule has 5 aliphatic rings. The molecule has 1 saturated heterocycles. The molecule has 1 aromatic carbocycles. The molecule has 1 aromatic rings. The third-order valence-corrected chi connectivity index (χ3v) is 7.37. The van der Waals surface area contributed by atoms with Crippen molar-refractivity contribution >= 4 is 11.8 Å². The highest BCUT2D eigenvalue weighted by Gasteiger charge is 2.54. The molecule has 2 amide bonds. The Labute approximate surface area is 171 Å². The van der Waals surface area contributed by atoms with Gasteiger partial charge in [-0.1, -0.05) is 6.07 Å². The van der Waals surface area contributed by atoms with Crippen molar-refractivity contribution in [2.45, 2.75) is 57.5 Å². The molecule has 1 atom stereocenters. The van der Waals surface area contributed by atoms with Crippen LogP contribution in [0.1, 0.15) is 61.7 Å². The Balaban J connectivity index is 1.16. The van der Waals surface area contributed by atoms with E-state index in [1.54, 1.807) is 18.2 Å². The van der Waals surface area contributed by atoms with Crippen LogP contribution in [0.4, 0.5) is 0 Å². The first-order valence-corrected chi connectivity index (χ1v) is 11.0. The Kier molecular flexibility index (Phi) is 4.98. The van der Waals surface area contributed by atoms with Gasteiger partial charge in [-0.2, -0.15) is 0 Å². The zero-order chi connectivity index (χ0) is 19.8. The lowest BCUT2D eigenvalue weighted by molar-refractivity contribution is -0.147. The summed E-state index contributed by atoms with van der Waals surface area (Å²) in [7, 11) is 0. The van der Waals surface area contributed by atoms with Crippen molar-refractivity contribution in [2.24, 2.45) is 23.2 Å². The summed E-state index contributed by atoms with van der Waals surface area (Å²) in [6, 6.07) is 7.06. The van der Waals surface area contributed by atoms with Crippen LogP contribution in [0.3, 0.4) is 0 Å². The van der Waals surface area contributed by atoms with Gasteiger partial charge in [0.25, 0.3) is 5.91 Å². The monoisotopic (exact) mass is 398 g/mol. The lowest BCUT2D eigenvalue weighted by Crippen LogP contribution is -2.56. The second-order valence-corrected chi connectivity index (χ2v) is 9.58. The van der Waals surface area contributed by atoms with Crippen LogP contribution in [0.15, 0.2) is 24.3 Å². The maximum atomic E-state index is 13.0. The number of hydrazine groups is 1. The van der Waals surface area contributed by atoms with Crippen LogP contribution in [-0.4, -0.2) is 31.1 Å². The molecule has 5 fully saturated rings. The second-order valence-electron chi connectivity index (χ2n) is 9.58. The van der Waals surface area contributed by atoms with Crippen molar-refractivity contribution in [3.63, 3.8) is 0 Å². The third-order valence-electron chi connectivity index (χ3n) is 7.37. The quantitative estimate of drug-likeness (QED) is 0.747. The third kappa shape index (κ3) is 3.87. The Hall–Kier alpha value is -2.08. The standard InChI is InChI=1S/C23H30N2O4/c26-21(18-3-1-4-19(10-18)29-14-20-5-2-6-28-20)24-25-22(27)23-11-15-7-16(12-23)9-17(8-15)13-23/h1,3-4,10,15-17,20H,2,5-9,11-14H2,(H,24,26)(H,25,27)/t15?,16?,17?,20-,23?/m0/s1. The Morgan fingerprint density at radius 3 is 2.45 bits per heavy atom. The fraction of sp³-hybridized carbons (Fsp3) is 0.652. The van der Waals surface area contributed by atoms with Gasteiger partial charge < -0.3 is 9.47 Å². The van der Waals surface area contributed by atoms with Crippen LogP contribution in [0, 0.1) is 23.2 Å². The molecule has 0 unspecified atom stereocenters. The number of rotatable bonds is 5. The number of hydrogen-bond donors (Lipinski definition) is 2. The highest BCUT2D eigenvalue weighted by molar-refractivity contribution is 5.96. The molecule has 29 heavy (non-hydrogen) atoms. The largest absolute Gasteiger partial charge is 0.491 e. The van der Waals surface area contributed by atoms with Crippen molar-refractivity contribution < 1.29 is 19.1 Å². The average Bonchev–Trinajstić information content (AvgIpc) is 3.23. The van der Waals surface area contributed by atoms with Crippen molar-refractivity contribution in [1.29, 1.82) is 0 Å². The van der Waals surface area contributed by atoms with Crippen molar-refractivity contribution in [3.8, 4) is 5.75 Å². The molecule has 6 heteroatoms. The number of ether oxygens (including phenoxy) is 2. The van der Waals surface area contributed by atoms with Gasteiger partial charge in [0, 0.05) is 12.2 Å². The average molecular weight is 399 g/mol. The number of hydrogen-bond acceptors (Lipinski definition) is 4. The van der Waals surface area contributed by atoms with E-state index in [0.29, 0.717) is 35.7 Å². The van der Waals surface area contributed by atoms with Crippen LogP contribution in [0.2, 0.25) is 0 Å². The maximum absolute atomic E-state index is 13.0. The van der Waals surface area contributed by atoms with E-state index in [2.05, 4.69) is 10.9 Å². The second kappa shape index (κ2) is 7.63. The smallest absolute Gasteiger partial charge is 0.269 e. The topological polar surface area (TPSA) is 76.7 Å². The molecule has 6 nitrogen and oxygen atoms in total. The van der Waals surface area contributed by atoms with E-state index in [9.17, 15) is 9.59 Å². The zero-order valence-corrected chi connectivity index (χ0v) is 16.8. The Bertz CT molecular complexity index is 752. The van der Waals surface area contributed by atoms with Gasteiger partial charge in [-0.3, -0.25) is 20.4 Å². The first-order chi connectivity index (χ1) is 14.1. The van der Waals surface area contributed by atoms with Gasteiger partial charge in [0.2, 0.25) is 5.91 Å². The summed E-state index contributed by atoms with van der Waals surface area (Å²) >= 11 is 0. The highest BCUT2D eigenvalue weighted by atomic mass is 16.5. The summed E-state index contributed by atoms with van der Waals surface area (Å²) in [6.45, 7) is 1.29. The molecule has 0 aromatic heterocycles. The first kappa shape index (κ1) is 18.9. The molecule has 4 aliphatic carbocycles. The summed E-state index contributed by atoms with van der Waals surface area (Å²) in [6.07, 6.45) is 9.02. The molecule has 1 aliphatic heterocycles. The molecule has 156 valence electrons. The van der Waals surface area contributed by atoms with Gasteiger partial charge in [-0.25, -0.2) is 0 Å². The molecule has 4 saturated carbocycles. The molecule has 1 heterocycles. The normalized spacial score (nSPS) is 34.8. The minimum absolute atomic E-state index is 0.00395. The fourth-order valence-electron chi connectivity index (χ4n) is 6.40. The molecular weight excluding hydrogens is 368 g/mol. The molecule has 2 N–H and O–H groups in total. The minimum Gasteiger partial charge on any atom is -0.491 e.